The quantitative estimate of drug-likeness (QED) is 0.878. The first-order valence-corrected chi connectivity index (χ1v) is 7.34. The Morgan fingerprint density at radius 2 is 2.17 bits per heavy atom. The van der Waals surface area contributed by atoms with Crippen molar-refractivity contribution in [2.45, 2.75) is 13.5 Å². The lowest BCUT2D eigenvalue weighted by Gasteiger charge is -2.06. The highest BCUT2D eigenvalue weighted by Gasteiger charge is 2.12. The van der Waals surface area contributed by atoms with Crippen molar-refractivity contribution in [3.05, 3.63) is 55.1 Å². The fourth-order valence-electron chi connectivity index (χ4n) is 1.52. The van der Waals surface area contributed by atoms with Gasteiger partial charge in [-0.1, -0.05) is 17.7 Å². The molecule has 0 saturated heterocycles. The second-order valence-electron chi connectivity index (χ2n) is 3.80. The summed E-state index contributed by atoms with van der Waals surface area (Å²) in [4.78, 5) is 14.4. The normalized spacial score (nSPS) is 10.4. The average molecular weight is 345 g/mol. The standard InChI is InChI=1S/C13H11BrClNOS/c1-8-5-6-9(18-8)7-16-13(17)10-3-2-4-11(14)12(10)15/h2-6H,7H2,1H3,(H,16,17). The molecule has 0 aliphatic rings. The van der Waals surface area contributed by atoms with Gasteiger partial charge in [0.1, 0.15) is 0 Å². The number of benzene rings is 1. The van der Waals surface area contributed by atoms with E-state index in [9.17, 15) is 4.79 Å². The molecule has 1 heterocycles. The molecule has 1 amide bonds. The summed E-state index contributed by atoms with van der Waals surface area (Å²) >= 11 is 11.0. The van der Waals surface area contributed by atoms with Gasteiger partial charge >= 0.3 is 0 Å². The minimum absolute atomic E-state index is 0.160. The fourth-order valence-corrected chi connectivity index (χ4v) is 2.93. The number of hydrogen-bond donors (Lipinski definition) is 1. The molecule has 1 aromatic carbocycles. The molecule has 1 N–H and O–H groups in total. The van der Waals surface area contributed by atoms with E-state index in [-0.39, 0.29) is 5.91 Å². The molecule has 0 saturated carbocycles. The Morgan fingerprint density at radius 3 is 2.83 bits per heavy atom. The average Bonchev–Trinajstić information content (AvgIpc) is 2.76. The van der Waals surface area contributed by atoms with E-state index in [1.165, 1.54) is 4.88 Å². The van der Waals surface area contributed by atoms with Crippen LogP contribution in [0.1, 0.15) is 20.1 Å². The lowest BCUT2D eigenvalue weighted by atomic mass is 10.2. The first-order chi connectivity index (χ1) is 8.58. The van der Waals surface area contributed by atoms with Crippen LogP contribution in [-0.4, -0.2) is 5.91 Å². The Hall–Kier alpha value is -0.840. The van der Waals surface area contributed by atoms with Crippen LogP contribution in [0.25, 0.3) is 0 Å². The van der Waals surface area contributed by atoms with Crippen molar-refractivity contribution in [3.63, 3.8) is 0 Å². The van der Waals surface area contributed by atoms with Crippen LogP contribution in [0.2, 0.25) is 5.02 Å². The molecule has 2 rings (SSSR count). The second kappa shape index (κ2) is 5.87. The molecule has 5 heteroatoms. The summed E-state index contributed by atoms with van der Waals surface area (Å²) < 4.78 is 0.726. The molecule has 94 valence electrons. The summed E-state index contributed by atoms with van der Waals surface area (Å²) in [6, 6.07) is 9.37. The van der Waals surface area contributed by atoms with Crippen LogP contribution in [-0.2, 0) is 6.54 Å². The second-order valence-corrected chi connectivity index (χ2v) is 6.40. The van der Waals surface area contributed by atoms with Gasteiger partial charge in [0, 0.05) is 14.2 Å². The molecule has 0 radical (unpaired) electrons. The van der Waals surface area contributed by atoms with Gasteiger partial charge < -0.3 is 5.32 Å². The molecule has 0 aliphatic carbocycles. The van der Waals surface area contributed by atoms with Crippen LogP contribution < -0.4 is 5.32 Å². The number of amides is 1. The number of hydrogen-bond acceptors (Lipinski definition) is 2. The third-order valence-corrected chi connectivity index (χ3v) is 4.71. The van der Waals surface area contributed by atoms with Gasteiger partial charge in [-0.3, -0.25) is 4.79 Å². The zero-order valence-electron chi connectivity index (χ0n) is 9.67. The molecule has 1 aromatic heterocycles. The fraction of sp³-hybridized carbons (Fsp3) is 0.154. The summed E-state index contributed by atoms with van der Waals surface area (Å²) in [7, 11) is 0. The summed E-state index contributed by atoms with van der Waals surface area (Å²) in [5.41, 5.74) is 0.485. The van der Waals surface area contributed by atoms with Crippen LogP contribution in [0, 0.1) is 6.92 Å². The van der Waals surface area contributed by atoms with Crippen molar-refractivity contribution in [3.8, 4) is 0 Å². The lowest BCUT2D eigenvalue weighted by Crippen LogP contribution is -2.22. The van der Waals surface area contributed by atoms with Gasteiger partial charge in [-0.15, -0.1) is 11.3 Å². The van der Waals surface area contributed by atoms with Gasteiger partial charge in [0.05, 0.1) is 17.1 Å². The number of rotatable bonds is 3. The predicted molar refractivity (Wildman–Crippen MR) is 79.4 cm³/mol. The van der Waals surface area contributed by atoms with E-state index in [4.69, 9.17) is 11.6 Å². The summed E-state index contributed by atoms with van der Waals surface area (Å²) in [6.07, 6.45) is 0. The third kappa shape index (κ3) is 3.13. The molecule has 2 aromatic rings. The van der Waals surface area contributed by atoms with Gasteiger partial charge in [0.15, 0.2) is 0 Å². The smallest absolute Gasteiger partial charge is 0.253 e. The SMILES string of the molecule is Cc1ccc(CNC(=O)c2cccc(Br)c2Cl)s1. The highest BCUT2D eigenvalue weighted by molar-refractivity contribution is 9.10. The molecule has 0 aliphatic heterocycles. The maximum atomic E-state index is 12.0. The number of aryl methyl sites for hydroxylation is 1. The van der Waals surface area contributed by atoms with E-state index in [1.807, 2.05) is 25.1 Å². The largest absolute Gasteiger partial charge is 0.347 e. The minimum Gasteiger partial charge on any atom is -0.347 e. The number of carbonyl (C=O) groups is 1. The van der Waals surface area contributed by atoms with E-state index in [1.54, 1.807) is 23.5 Å². The number of halogens is 2. The number of thiophene rings is 1. The summed E-state index contributed by atoms with van der Waals surface area (Å²) in [6.45, 7) is 2.57. The highest BCUT2D eigenvalue weighted by Crippen LogP contribution is 2.26. The Bertz CT molecular complexity index is 582. The molecule has 18 heavy (non-hydrogen) atoms. The van der Waals surface area contributed by atoms with Crippen LogP contribution in [0.3, 0.4) is 0 Å². The highest BCUT2D eigenvalue weighted by atomic mass is 79.9. The molecular weight excluding hydrogens is 334 g/mol. The Balaban J connectivity index is 2.06. The summed E-state index contributed by atoms with van der Waals surface area (Å²) in [5, 5.41) is 3.30. The number of carbonyl (C=O) groups excluding carboxylic acids is 1. The van der Waals surface area contributed by atoms with Crippen LogP contribution >= 0.6 is 38.9 Å². The first kappa shape index (κ1) is 13.6. The van der Waals surface area contributed by atoms with E-state index in [0.29, 0.717) is 17.1 Å². The topological polar surface area (TPSA) is 29.1 Å². The van der Waals surface area contributed by atoms with Gasteiger partial charge in [0.2, 0.25) is 0 Å². The van der Waals surface area contributed by atoms with Gasteiger partial charge in [0.25, 0.3) is 5.91 Å². The molecule has 0 atom stereocenters. The zero-order valence-corrected chi connectivity index (χ0v) is 12.8. The monoisotopic (exact) mass is 343 g/mol. The van der Waals surface area contributed by atoms with Crippen molar-refractivity contribution in [2.24, 2.45) is 0 Å². The van der Waals surface area contributed by atoms with Gasteiger partial charge in [-0.25, -0.2) is 0 Å². The van der Waals surface area contributed by atoms with Crippen molar-refractivity contribution in [1.82, 2.24) is 5.32 Å². The summed E-state index contributed by atoms with van der Waals surface area (Å²) in [5.74, 6) is -0.160. The predicted octanol–water partition coefficient (Wildman–Crippen LogP) is 4.40. The molecule has 2 nitrogen and oxygen atoms in total. The number of nitrogens with one attached hydrogen (secondary N) is 1. The Labute approximate surface area is 123 Å². The van der Waals surface area contributed by atoms with E-state index in [0.717, 1.165) is 9.35 Å². The van der Waals surface area contributed by atoms with Crippen LogP contribution in [0.4, 0.5) is 0 Å². The maximum absolute atomic E-state index is 12.0. The molecule has 0 unspecified atom stereocenters. The lowest BCUT2D eigenvalue weighted by molar-refractivity contribution is 0.0951. The Kier molecular flexibility index (Phi) is 4.43. The van der Waals surface area contributed by atoms with Crippen molar-refractivity contribution < 1.29 is 4.79 Å². The van der Waals surface area contributed by atoms with Crippen molar-refractivity contribution in [2.75, 3.05) is 0 Å². The molecular formula is C13H11BrClNOS. The van der Waals surface area contributed by atoms with Crippen molar-refractivity contribution >= 4 is 44.8 Å². The van der Waals surface area contributed by atoms with Crippen LogP contribution in [0.15, 0.2) is 34.8 Å². The molecule has 0 spiro atoms. The van der Waals surface area contributed by atoms with Gasteiger partial charge in [-0.05, 0) is 47.1 Å². The van der Waals surface area contributed by atoms with E-state index < -0.39 is 0 Å². The van der Waals surface area contributed by atoms with Crippen molar-refractivity contribution in [1.29, 1.82) is 0 Å². The zero-order chi connectivity index (χ0) is 13.1. The maximum Gasteiger partial charge on any atom is 0.253 e. The van der Waals surface area contributed by atoms with Crippen LogP contribution in [0.5, 0.6) is 0 Å². The molecule has 0 fully saturated rings. The first-order valence-electron chi connectivity index (χ1n) is 5.35. The van der Waals surface area contributed by atoms with E-state index >= 15 is 0 Å². The third-order valence-electron chi connectivity index (χ3n) is 2.42. The van der Waals surface area contributed by atoms with Gasteiger partial charge in [-0.2, -0.15) is 0 Å². The Morgan fingerprint density at radius 1 is 1.39 bits per heavy atom. The minimum atomic E-state index is -0.160. The van der Waals surface area contributed by atoms with E-state index in [2.05, 4.69) is 21.2 Å². The molecule has 0 bridgehead atoms.